The van der Waals surface area contributed by atoms with E-state index in [1.165, 1.54) is 30.1 Å². The molecule has 0 fully saturated rings. The lowest BCUT2D eigenvalue weighted by Gasteiger charge is -2.01. The average molecular weight is 353 g/mol. The maximum Gasteiger partial charge on any atom is 0.250 e. The Morgan fingerprint density at radius 2 is 1.96 bits per heavy atom. The van der Waals surface area contributed by atoms with E-state index in [2.05, 4.69) is 20.5 Å². The van der Waals surface area contributed by atoms with Gasteiger partial charge in [0.05, 0.1) is 29.0 Å². The summed E-state index contributed by atoms with van der Waals surface area (Å²) in [6.45, 7) is 0. The van der Waals surface area contributed by atoms with Crippen LogP contribution >= 0.6 is 11.8 Å². The van der Waals surface area contributed by atoms with Crippen LogP contribution in [-0.4, -0.2) is 33.8 Å². The van der Waals surface area contributed by atoms with Crippen LogP contribution in [0.3, 0.4) is 0 Å². The zero-order valence-electron chi connectivity index (χ0n) is 12.9. The third-order valence-corrected chi connectivity index (χ3v) is 4.13. The van der Waals surface area contributed by atoms with Crippen LogP contribution in [0.1, 0.15) is 15.9 Å². The van der Waals surface area contributed by atoms with E-state index in [-0.39, 0.29) is 17.2 Å². The van der Waals surface area contributed by atoms with E-state index in [0.717, 1.165) is 11.0 Å². The van der Waals surface area contributed by atoms with E-state index >= 15 is 0 Å². The number of nitrogens with one attached hydrogen (secondary N) is 2. The molecule has 0 bridgehead atoms. The van der Waals surface area contributed by atoms with E-state index in [0.29, 0.717) is 10.7 Å². The molecule has 1 amide bonds. The first kappa shape index (κ1) is 16.7. The van der Waals surface area contributed by atoms with Crippen molar-refractivity contribution in [2.24, 2.45) is 5.10 Å². The molecule has 0 aliphatic carbocycles. The van der Waals surface area contributed by atoms with Gasteiger partial charge in [0, 0.05) is 0 Å². The monoisotopic (exact) mass is 353 g/mol. The van der Waals surface area contributed by atoms with Gasteiger partial charge in [-0.25, -0.2) is 10.4 Å². The number of fused-ring (bicyclic) bond motifs is 1. The molecule has 0 atom stereocenters. The molecule has 0 spiro atoms. The molecule has 126 valence electrons. The van der Waals surface area contributed by atoms with Gasteiger partial charge in [-0.1, -0.05) is 48.2 Å². The van der Waals surface area contributed by atoms with Gasteiger partial charge in [0.25, 0.3) is 5.91 Å². The first-order valence-corrected chi connectivity index (χ1v) is 8.31. The Balaban J connectivity index is 1.49. The predicted octanol–water partition coefficient (Wildman–Crippen LogP) is 1.17. The molecule has 8 heteroatoms. The Bertz CT molecular complexity index is 901. The molecule has 0 radical (unpaired) electrons. The summed E-state index contributed by atoms with van der Waals surface area (Å²) in [5.41, 5.74) is 4.93. The van der Waals surface area contributed by atoms with E-state index in [1.54, 1.807) is 12.1 Å². The fourth-order valence-corrected chi connectivity index (χ4v) is 2.73. The Morgan fingerprint density at radius 1 is 1.20 bits per heavy atom. The number of aromatic nitrogens is 2. The summed E-state index contributed by atoms with van der Waals surface area (Å²) in [5, 5.41) is 15.2. The number of carboxylic acid groups (broad SMARTS) is 1. The first-order valence-electron chi connectivity index (χ1n) is 7.33. The van der Waals surface area contributed by atoms with E-state index in [9.17, 15) is 14.7 Å². The van der Waals surface area contributed by atoms with Gasteiger partial charge in [-0.3, -0.25) is 4.79 Å². The second-order valence-electron chi connectivity index (χ2n) is 5.05. The summed E-state index contributed by atoms with van der Waals surface area (Å²) in [5.74, 6) is -1.34. The molecule has 0 unspecified atom stereocenters. The van der Waals surface area contributed by atoms with Crippen molar-refractivity contribution in [2.45, 2.75) is 5.16 Å². The van der Waals surface area contributed by atoms with E-state index < -0.39 is 5.97 Å². The van der Waals surface area contributed by atoms with Crippen LogP contribution in [0.25, 0.3) is 11.0 Å². The number of hydrogen-bond acceptors (Lipinski definition) is 6. The standard InChI is InChI=1S/C17H14N4O3S/c22-15(10-25-17-19-13-3-1-2-4-14(13)20-17)21-18-9-11-5-7-12(8-6-11)16(23)24/h1-9H,10H2,(H,19,20)(H,21,22)(H,23,24)/p-1/b18-9-. The first-order chi connectivity index (χ1) is 12.1. The lowest BCUT2D eigenvalue weighted by atomic mass is 10.1. The molecule has 1 heterocycles. The molecule has 0 aliphatic heterocycles. The number of carbonyl (C=O) groups excluding carboxylic acids is 2. The molecule has 2 aromatic carbocycles. The Morgan fingerprint density at radius 3 is 2.68 bits per heavy atom. The van der Waals surface area contributed by atoms with Crippen molar-refractivity contribution in [2.75, 3.05) is 5.75 Å². The van der Waals surface area contributed by atoms with Crippen molar-refractivity contribution in [1.82, 2.24) is 15.4 Å². The highest BCUT2D eigenvalue weighted by molar-refractivity contribution is 7.99. The molecule has 7 nitrogen and oxygen atoms in total. The van der Waals surface area contributed by atoms with Gasteiger partial charge in [0.2, 0.25) is 0 Å². The van der Waals surface area contributed by atoms with Gasteiger partial charge in [-0.15, -0.1) is 0 Å². The molecule has 3 aromatic rings. The van der Waals surface area contributed by atoms with Gasteiger partial charge in [0.15, 0.2) is 5.16 Å². The third kappa shape index (κ3) is 4.45. The van der Waals surface area contributed by atoms with Crippen LogP contribution < -0.4 is 10.5 Å². The quantitative estimate of drug-likeness (QED) is 0.393. The topological polar surface area (TPSA) is 110 Å². The van der Waals surface area contributed by atoms with Gasteiger partial charge in [-0.2, -0.15) is 5.10 Å². The molecule has 1 aromatic heterocycles. The lowest BCUT2D eigenvalue weighted by Crippen LogP contribution is -2.22. The van der Waals surface area contributed by atoms with E-state index in [1.807, 2.05) is 24.3 Å². The summed E-state index contributed by atoms with van der Waals surface area (Å²) < 4.78 is 0. The summed E-state index contributed by atoms with van der Waals surface area (Å²) >= 11 is 1.28. The predicted molar refractivity (Wildman–Crippen MR) is 93.3 cm³/mol. The molecular weight excluding hydrogens is 340 g/mol. The third-order valence-electron chi connectivity index (χ3n) is 3.26. The number of aromatic carboxylic acids is 1. The fraction of sp³-hybridized carbons (Fsp3) is 0.0588. The van der Waals surface area contributed by atoms with Gasteiger partial charge < -0.3 is 14.9 Å². The molecule has 0 aliphatic rings. The summed E-state index contributed by atoms with van der Waals surface area (Å²) in [7, 11) is 0. The molecular formula is C17H13N4O3S-. The highest BCUT2D eigenvalue weighted by Gasteiger charge is 2.06. The minimum atomic E-state index is -1.24. The number of amides is 1. The number of benzene rings is 2. The maximum absolute atomic E-state index is 11.8. The number of thioether (sulfide) groups is 1. The lowest BCUT2D eigenvalue weighted by molar-refractivity contribution is -0.255. The zero-order valence-corrected chi connectivity index (χ0v) is 13.7. The number of rotatable bonds is 6. The molecule has 25 heavy (non-hydrogen) atoms. The van der Waals surface area contributed by atoms with Crippen LogP contribution in [0.4, 0.5) is 0 Å². The van der Waals surface area contributed by atoms with Gasteiger partial charge in [0.1, 0.15) is 0 Å². The largest absolute Gasteiger partial charge is 0.545 e. The SMILES string of the molecule is O=C(CSc1nc2ccccc2[nH]1)N/N=C\c1ccc(C(=O)[O-])cc1. The number of nitrogens with zero attached hydrogens (tertiary/aromatic N) is 2. The number of carboxylic acids is 1. The number of aromatic amines is 1. The Labute approximate surface area is 147 Å². The van der Waals surface area contributed by atoms with Crippen molar-refractivity contribution >= 4 is 40.9 Å². The van der Waals surface area contributed by atoms with Gasteiger partial charge in [-0.05, 0) is 23.3 Å². The van der Waals surface area contributed by atoms with Crippen LogP contribution in [0.5, 0.6) is 0 Å². The second kappa shape index (κ2) is 7.63. The number of imidazole rings is 1. The summed E-state index contributed by atoms with van der Waals surface area (Å²) in [6, 6.07) is 13.6. The Hall–Kier alpha value is -3.13. The van der Waals surface area contributed by atoms with Crippen molar-refractivity contribution in [1.29, 1.82) is 0 Å². The molecule has 0 saturated carbocycles. The smallest absolute Gasteiger partial charge is 0.250 e. The summed E-state index contributed by atoms with van der Waals surface area (Å²) in [6.07, 6.45) is 1.43. The molecule has 3 rings (SSSR count). The van der Waals surface area contributed by atoms with Crippen molar-refractivity contribution in [3.8, 4) is 0 Å². The minimum absolute atomic E-state index is 0.0865. The van der Waals surface area contributed by atoms with Crippen LogP contribution in [0, 0.1) is 0 Å². The minimum Gasteiger partial charge on any atom is -0.545 e. The number of hydrazone groups is 1. The number of H-pyrrole nitrogens is 1. The maximum atomic E-state index is 11.8. The highest BCUT2D eigenvalue weighted by Crippen LogP contribution is 2.18. The Kier molecular flexibility index (Phi) is 5.10. The second-order valence-corrected chi connectivity index (χ2v) is 6.01. The molecule has 0 saturated heterocycles. The van der Waals surface area contributed by atoms with Gasteiger partial charge >= 0.3 is 0 Å². The van der Waals surface area contributed by atoms with E-state index in [4.69, 9.17) is 0 Å². The van der Waals surface area contributed by atoms with Crippen molar-refractivity contribution < 1.29 is 14.7 Å². The normalized spacial score (nSPS) is 11.0. The number of carbonyl (C=O) groups is 2. The van der Waals surface area contributed by atoms with Crippen LogP contribution in [0.15, 0.2) is 58.8 Å². The van der Waals surface area contributed by atoms with Crippen molar-refractivity contribution in [3.63, 3.8) is 0 Å². The number of hydrogen-bond donors (Lipinski definition) is 2. The van der Waals surface area contributed by atoms with Crippen LogP contribution in [-0.2, 0) is 4.79 Å². The number of para-hydroxylation sites is 2. The fourth-order valence-electron chi connectivity index (χ4n) is 2.05. The zero-order chi connectivity index (χ0) is 17.6. The average Bonchev–Trinajstić information content (AvgIpc) is 3.03. The molecule has 2 N–H and O–H groups in total. The van der Waals surface area contributed by atoms with Crippen LogP contribution in [0.2, 0.25) is 0 Å². The van der Waals surface area contributed by atoms with Crippen molar-refractivity contribution in [3.05, 3.63) is 59.7 Å². The highest BCUT2D eigenvalue weighted by atomic mass is 32.2. The summed E-state index contributed by atoms with van der Waals surface area (Å²) in [4.78, 5) is 29.9.